The number of anilines is 1. The van der Waals surface area contributed by atoms with Crippen molar-refractivity contribution in [2.24, 2.45) is 5.92 Å². The van der Waals surface area contributed by atoms with Gasteiger partial charge in [0.25, 0.3) is 0 Å². The van der Waals surface area contributed by atoms with Crippen molar-refractivity contribution in [3.63, 3.8) is 0 Å². The van der Waals surface area contributed by atoms with Crippen LogP contribution in [0.3, 0.4) is 0 Å². The third-order valence-corrected chi connectivity index (χ3v) is 3.07. The zero-order valence-corrected chi connectivity index (χ0v) is 11.4. The average Bonchev–Trinajstić information content (AvgIpc) is 2.70. The van der Waals surface area contributed by atoms with Gasteiger partial charge in [-0.05, 0) is 5.92 Å². The van der Waals surface area contributed by atoms with E-state index in [2.05, 4.69) is 15.0 Å². The van der Waals surface area contributed by atoms with Gasteiger partial charge in [0, 0.05) is 5.38 Å². The van der Waals surface area contributed by atoms with E-state index in [-0.39, 0.29) is 18.2 Å². The number of nitrogens with zero attached hydrogens (tertiary/aromatic N) is 1. The van der Waals surface area contributed by atoms with Gasteiger partial charge >= 0.3 is 5.97 Å². The molecule has 1 aromatic rings. The fraction of sp³-hybridized carbons (Fsp3) is 0.545. The number of esters is 1. The lowest BCUT2D eigenvalue weighted by molar-refractivity contribution is -0.146. The van der Waals surface area contributed by atoms with Crippen LogP contribution in [0.2, 0.25) is 0 Å². The predicted molar refractivity (Wildman–Crippen MR) is 69.0 cm³/mol. The largest absolute Gasteiger partial charge is 0.467 e. The minimum atomic E-state index is -0.640. The van der Waals surface area contributed by atoms with Crippen molar-refractivity contribution < 1.29 is 14.3 Å². The summed E-state index contributed by atoms with van der Waals surface area (Å²) in [6.45, 7) is 3.67. The van der Waals surface area contributed by atoms with Crippen LogP contribution in [-0.4, -0.2) is 30.0 Å². The molecular weight excluding hydrogens is 254 g/mol. The third-order valence-electron chi connectivity index (χ3n) is 2.35. The lowest BCUT2D eigenvalue weighted by Gasteiger charge is -2.19. The van der Waals surface area contributed by atoms with Crippen molar-refractivity contribution in [3.8, 4) is 0 Å². The highest BCUT2D eigenvalue weighted by molar-refractivity contribution is 7.13. The van der Waals surface area contributed by atoms with Gasteiger partial charge in [-0.2, -0.15) is 0 Å². The predicted octanol–water partition coefficient (Wildman–Crippen LogP) is 0.582. The number of carbonyl (C=O) groups excluding carboxylic acids is 2. The number of aromatic nitrogens is 1. The van der Waals surface area contributed by atoms with E-state index in [1.54, 1.807) is 5.38 Å². The fourth-order valence-corrected chi connectivity index (χ4v) is 1.98. The van der Waals surface area contributed by atoms with Crippen LogP contribution >= 0.6 is 11.3 Å². The molecule has 18 heavy (non-hydrogen) atoms. The van der Waals surface area contributed by atoms with E-state index in [1.165, 1.54) is 18.4 Å². The second-order valence-electron chi connectivity index (χ2n) is 4.17. The molecule has 1 amide bonds. The topological polar surface area (TPSA) is 94.3 Å². The molecule has 0 aliphatic heterocycles. The van der Waals surface area contributed by atoms with Gasteiger partial charge in [0.15, 0.2) is 5.13 Å². The molecule has 0 saturated carbocycles. The molecule has 1 rings (SSSR count). The van der Waals surface area contributed by atoms with Crippen molar-refractivity contribution in [3.05, 3.63) is 11.1 Å². The Kier molecular flexibility index (Phi) is 5.08. The van der Waals surface area contributed by atoms with Crippen LogP contribution < -0.4 is 11.1 Å². The Morgan fingerprint density at radius 1 is 1.56 bits per heavy atom. The van der Waals surface area contributed by atoms with Crippen LogP contribution in [0.25, 0.3) is 0 Å². The van der Waals surface area contributed by atoms with E-state index in [0.29, 0.717) is 10.8 Å². The molecule has 0 fully saturated rings. The van der Waals surface area contributed by atoms with Crippen LogP contribution in [-0.2, 0) is 20.7 Å². The molecule has 1 heterocycles. The van der Waals surface area contributed by atoms with Crippen molar-refractivity contribution in [2.75, 3.05) is 12.8 Å². The summed E-state index contributed by atoms with van der Waals surface area (Å²) < 4.78 is 4.64. The number of rotatable bonds is 5. The quantitative estimate of drug-likeness (QED) is 0.764. The van der Waals surface area contributed by atoms with Crippen molar-refractivity contribution in [1.29, 1.82) is 0 Å². The second-order valence-corrected chi connectivity index (χ2v) is 5.06. The Labute approximate surface area is 110 Å². The summed E-state index contributed by atoms with van der Waals surface area (Å²) >= 11 is 1.28. The second kappa shape index (κ2) is 6.34. The first-order valence-corrected chi connectivity index (χ1v) is 6.39. The van der Waals surface area contributed by atoms with Crippen molar-refractivity contribution >= 4 is 28.3 Å². The van der Waals surface area contributed by atoms with Crippen LogP contribution in [0.5, 0.6) is 0 Å². The van der Waals surface area contributed by atoms with E-state index in [0.717, 1.165) is 0 Å². The summed E-state index contributed by atoms with van der Waals surface area (Å²) in [4.78, 5) is 27.2. The maximum absolute atomic E-state index is 11.8. The Morgan fingerprint density at radius 2 is 2.22 bits per heavy atom. The van der Waals surface area contributed by atoms with E-state index >= 15 is 0 Å². The molecule has 0 bridgehead atoms. The minimum Gasteiger partial charge on any atom is -0.467 e. The van der Waals surface area contributed by atoms with Gasteiger partial charge < -0.3 is 15.8 Å². The number of ether oxygens (including phenoxy) is 1. The normalized spacial score (nSPS) is 12.2. The first-order valence-electron chi connectivity index (χ1n) is 5.51. The Hall–Kier alpha value is -1.63. The first kappa shape index (κ1) is 14.4. The summed E-state index contributed by atoms with van der Waals surface area (Å²) in [5, 5.41) is 4.78. The van der Waals surface area contributed by atoms with Gasteiger partial charge in [0.2, 0.25) is 5.91 Å². The highest BCUT2D eigenvalue weighted by Gasteiger charge is 2.24. The fourth-order valence-electron chi connectivity index (χ4n) is 1.42. The molecule has 100 valence electrons. The van der Waals surface area contributed by atoms with Gasteiger partial charge in [0.1, 0.15) is 6.04 Å². The van der Waals surface area contributed by atoms with Crippen LogP contribution in [0.1, 0.15) is 19.5 Å². The monoisotopic (exact) mass is 271 g/mol. The van der Waals surface area contributed by atoms with E-state index in [9.17, 15) is 9.59 Å². The number of nitrogens with one attached hydrogen (secondary N) is 1. The lowest BCUT2D eigenvalue weighted by Crippen LogP contribution is -2.45. The van der Waals surface area contributed by atoms with Gasteiger partial charge in [-0.25, -0.2) is 9.78 Å². The van der Waals surface area contributed by atoms with Gasteiger partial charge in [-0.3, -0.25) is 4.79 Å². The summed E-state index contributed by atoms with van der Waals surface area (Å²) in [6, 6.07) is -0.640. The third kappa shape index (κ3) is 3.99. The highest BCUT2D eigenvalue weighted by Crippen LogP contribution is 2.11. The zero-order valence-electron chi connectivity index (χ0n) is 10.6. The molecular formula is C11H17N3O3S. The zero-order chi connectivity index (χ0) is 13.7. The number of amides is 1. The number of carbonyl (C=O) groups is 2. The maximum Gasteiger partial charge on any atom is 0.328 e. The average molecular weight is 271 g/mol. The molecule has 6 nitrogen and oxygen atoms in total. The molecule has 1 atom stereocenters. The summed E-state index contributed by atoms with van der Waals surface area (Å²) in [5.74, 6) is -0.762. The van der Waals surface area contributed by atoms with E-state index in [4.69, 9.17) is 5.73 Å². The molecule has 0 unspecified atom stereocenters. The SMILES string of the molecule is COC(=O)[C@@H](NC(=O)Cc1csc(N)n1)C(C)C. The molecule has 0 saturated heterocycles. The van der Waals surface area contributed by atoms with Crippen LogP contribution in [0.15, 0.2) is 5.38 Å². The van der Waals surface area contributed by atoms with Crippen molar-refractivity contribution in [1.82, 2.24) is 10.3 Å². The number of methoxy groups -OCH3 is 1. The van der Waals surface area contributed by atoms with Gasteiger partial charge in [-0.1, -0.05) is 13.8 Å². The van der Waals surface area contributed by atoms with E-state index in [1.807, 2.05) is 13.8 Å². The molecule has 0 aliphatic carbocycles. The van der Waals surface area contributed by atoms with Crippen LogP contribution in [0.4, 0.5) is 5.13 Å². The molecule has 0 radical (unpaired) electrons. The van der Waals surface area contributed by atoms with E-state index < -0.39 is 12.0 Å². The maximum atomic E-state index is 11.8. The molecule has 0 spiro atoms. The lowest BCUT2D eigenvalue weighted by atomic mass is 10.0. The summed E-state index contributed by atoms with van der Waals surface area (Å²) in [6.07, 6.45) is 0.105. The smallest absolute Gasteiger partial charge is 0.328 e. The van der Waals surface area contributed by atoms with Crippen molar-refractivity contribution in [2.45, 2.75) is 26.3 Å². The molecule has 3 N–H and O–H groups in total. The Bertz CT molecular complexity index is 431. The summed E-state index contributed by atoms with van der Waals surface area (Å²) in [5.41, 5.74) is 6.07. The number of hydrogen-bond acceptors (Lipinski definition) is 6. The van der Waals surface area contributed by atoms with Crippen LogP contribution in [0, 0.1) is 5.92 Å². The number of nitrogen functional groups attached to an aromatic ring is 1. The van der Waals surface area contributed by atoms with Gasteiger partial charge in [-0.15, -0.1) is 11.3 Å². The first-order chi connectivity index (χ1) is 8.43. The Balaban J connectivity index is 2.59. The van der Waals surface area contributed by atoms with Gasteiger partial charge in [0.05, 0.1) is 19.2 Å². The highest BCUT2D eigenvalue weighted by atomic mass is 32.1. The standard InChI is InChI=1S/C11H17N3O3S/c1-6(2)9(10(16)17-3)14-8(15)4-7-5-18-11(12)13-7/h5-6,9H,4H2,1-3H3,(H2,12,13)(H,14,15)/t9-/m0/s1. The summed E-state index contributed by atoms with van der Waals surface area (Å²) in [7, 11) is 1.30. The molecule has 7 heteroatoms. The number of hydrogen-bond donors (Lipinski definition) is 2. The molecule has 1 aromatic heterocycles. The molecule has 0 aliphatic rings. The Morgan fingerprint density at radius 3 is 2.67 bits per heavy atom. The molecule has 0 aromatic carbocycles. The number of thiazole rings is 1. The minimum absolute atomic E-state index is 0.0399. The number of nitrogens with two attached hydrogens (primary N) is 1.